The van der Waals surface area contributed by atoms with Crippen molar-refractivity contribution in [3.63, 3.8) is 0 Å². The minimum atomic E-state index is 0.147. The van der Waals surface area contributed by atoms with Crippen molar-refractivity contribution in [3.8, 4) is 0 Å². The normalized spacial score (nSPS) is 26.2. The highest BCUT2D eigenvalue weighted by Crippen LogP contribution is 2.27. The van der Waals surface area contributed by atoms with E-state index in [4.69, 9.17) is 5.11 Å². The zero-order valence-corrected chi connectivity index (χ0v) is 13.3. The van der Waals surface area contributed by atoms with Gasteiger partial charge in [0.2, 0.25) is 0 Å². The highest BCUT2D eigenvalue weighted by atomic mass is 16.3. The lowest BCUT2D eigenvalue weighted by atomic mass is 9.99. The third kappa shape index (κ3) is 3.00. The molecule has 3 rings (SSSR count). The minimum Gasteiger partial charge on any atom is -0.394 e. The molecule has 5 heteroatoms. The number of hydrogen-bond donors (Lipinski definition) is 2. The first-order valence-electron chi connectivity index (χ1n) is 8.32. The van der Waals surface area contributed by atoms with Crippen LogP contribution in [0.3, 0.4) is 0 Å². The summed E-state index contributed by atoms with van der Waals surface area (Å²) in [7, 11) is 0. The Morgan fingerprint density at radius 1 is 1.24 bits per heavy atom. The lowest BCUT2D eigenvalue weighted by Gasteiger charge is -2.32. The van der Waals surface area contributed by atoms with Crippen LogP contribution in [0.15, 0.2) is 0 Å². The number of piperidine rings is 1. The number of nitrogens with one attached hydrogen (secondary N) is 1. The van der Waals surface area contributed by atoms with Gasteiger partial charge in [-0.15, -0.1) is 0 Å². The number of aromatic nitrogens is 2. The first kappa shape index (κ1) is 15.0. The van der Waals surface area contributed by atoms with Crippen LogP contribution in [-0.4, -0.2) is 51.6 Å². The Bertz CT molecular complexity index is 485. The Labute approximate surface area is 127 Å². The van der Waals surface area contributed by atoms with E-state index in [-0.39, 0.29) is 6.61 Å². The molecule has 2 N–H and O–H groups in total. The molecular weight excluding hydrogens is 264 g/mol. The maximum Gasteiger partial charge on any atom is 0.0644 e. The van der Waals surface area contributed by atoms with Gasteiger partial charge in [-0.1, -0.05) is 6.42 Å². The highest BCUT2D eigenvalue weighted by molar-refractivity contribution is 5.24. The molecule has 0 radical (unpaired) electrons. The molecule has 0 aliphatic carbocycles. The van der Waals surface area contributed by atoms with E-state index >= 15 is 0 Å². The quantitative estimate of drug-likeness (QED) is 0.856. The van der Waals surface area contributed by atoms with Crippen LogP contribution in [0.4, 0.5) is 0 Å². The summed E-state index contributed by atoms with van der Waals surface area (Å²) in [6, 6.07) is 1.37. The topological polar surface area (TPSA) is 53.3 Å². The maximum atomic E-state index is 9.09. The van der Waals surface area contributed by atoms with Crippen LogP contribution in [0.25, 0.3) is 0 Å². The number of hydrogen-bond acceptors (Lipinski definition) is 4. The number of fused-ring (bicyclic) bond motifs is 1. The van der Waals surface area contributed by atoms with E-state index < -0.39 is 0 Å². The van der Waals surface area contributed by atoms with Gasteiger partial charge >= 0.3 is 0 Å². The molecule has 5 nitrogen and oxygen atoms in total. The molecule has 2 aliphatic rings. The molecule has 0 spiro atoms. The van der Waals surface area contributed by atoms with Gasteiger partial charge in [0.25, 0.3) is 0 Å². The zero-order chi connectivity index (χ0) is 14.8. The molecule has 0 aromatic carbocycles. The molecule has 118 valence electrons. The third-order valence-electron chi connectivity index (χ3n) is 5.24. The first-order chi connectivity index (χ1) is 10.2. The smallest absolute Gasteiger partial charge is 0.0644 e. The Hall–Kier alpha value is -0.910. The van der Waals surface area contributed by atoms with Crippen molar-refractivity contribution in [1.82, 2.24) is 20.0 Å². The van der Waals surface area contributed by atoms with Crippen molar-refractivity contribution < 1.29 is 5.11 Å². The average molecular weight is 292 g/mol. The first-order valence-corrected chi connectivity index (χ1v) is 8.32. The summed E-state index contributed by atoms with van der Waals surface area (Å²) in [5.41, 5.74) is 3.58. The van der Waals surface area contributed by atoms with E-state index in [9.17, 15) is 0 Å². The molecule has 2 fully saturated rings. The molecule has 2 aliphatic heterocycles. The predicted molar refractivity (Wildman–Crippen MR) is 83.2 cm³/mol. The number of aliphatic hydroxyl groups excluding tert-OH is 1. The van der Waals surface area contributed by atoms with E-state index in [1.807, 2.05) is 4.68 Å². The van der Waals surface area contributed by atoms with Crippen LogP contribution in [0.2, 0.25) is 0 Å². The van der Waals surface area contributed by atoms with Crippen molar-refractivity contribution in [1.29, 1.82) is 0 Å². The second-order valence-corrected chi connectivity index (χ2v) is 6.47. The average Bonchev–Trinajstić information content (AvgIpc) is 3.00. The lowest BCUT2D eigenvalue weighted by molar-refractivity contribution is 0.180. The summed E-state index contributed by atoms with van der Waals surface area (Å²) in [4.78, 5) is 2.66. The molecule has 0 amide bonds. The lowest BCUT2D eigenvalue weighted by Crippen LogP contribution is -2.44. The van der Waals surface area contributed by atoms with Gasteiger partial charge in [-0.3, -0.25) is 9.58 Å². The molecule has 1 aromatic rings. The Balaban J connectivity index is 1.62. The summed E-state index contributed by atoms with van der Waals surface area (Å²) in [6.07, 6.45) is 5.37. The summed E-state index contributed by atoms with van der Waals surface area (Å²) < 4.78 is 1.92. The molecule has 0 bridgehead atoms. The summed E-state index contributed by atoms with van der Waals surface area (Å²) in [6.45, 7) is 8.35. The van der Waals surface area contributed by atoms with Crippen LogP contribution >= 0.6 is 0 Å². The van der Waals surface area contributed by atoms with Crippen molar-refractivity contribution in [3.05, 3.63) is 17.0 Å². The third-order valence-corrected chi connectivity index (χ3v) is 5.24. The molecule has 3 heterocycles. The van der Waals surface area contributed by atoms with E-state index in [0.717, 1.165) is 18.3 Å². The van der Waals surface area contributed by atoms with Crippen LogP contribution in [-0.2, 0) is 13.1 Å². The molecule has 0 saturated carbocycles. The molecular formula is C16H28N4O. The second-order valence-electron chi connectivity index (χ2n) is 6.47. The van der Waals surface area contributed by atoms with Gasteiger partial charge in [0.05, 0.1) is 18.8 Å². The SMILES string of the molecule is Cc1nn(CCO)c(C)c1CNC1CCN2CCCCC12. The van der Waals surface area contributed by atoms with Crippen LogP contribution < -0.4 is 5.32 Å². The maximum absolute atomic E-state index is 9.09. The van der Waals surface area contributed by atoms with Gasteiger partial charge in [0.1, 0.15) is 0 Å². The number of nitrogens with zero attached hydrogens (tertiary/aromatic N) is 3. The van der Waals surface area contributed by atoms with E-state index in [0.29, 0.717) is 12.6 Å². The van der Waals surface area contributed by atoms with Gasteiger partial charge < -0.3 is 10.4 Å². The van der Waals surface area contributed by atoms with Gasteiger partial charge in [-0.25, -0.2) is 0 Å². The fourth-order valence-electron chi connectivity index (χ4n) is 4.02. The van der Waals surface area contributed by atoms with Gasteiger partial charge in [-0.2, -0.15) is 5.10 Å². The number of rotatable bonds is 5. The Morgan fingerprint density at radius 2 is 2.10 bits per heavy atom. The summed E-state index contributed by atoms with van der Waals surface area (Å²) >= 11 is 0. The Morgan fingerprint density at radius 3 is 2.90 bits per heavy atom. The van der Waals surface area contributed by atoms with Gasteiger partial charge in [0.15, 0.2) is 0 Å². The van der Waals surface area contributed by atoms with E-state index in [2.05, 4.69) is 29.2 Å². The van der Waals surface area contributed by atoms with Gasteiger partial charge in [0, 0.05) is 36.4 Å². The van der Waals surface area contributed by atoms with E-state index in [1.54, 1.807) is 0 Å². The highest BCUT2D eigenvalue weighted by Gasteiger charge is 2.35. The molecule has 2 saturated heterocycles. The second kappa shape index (κ2) is 6.46. The fourth-order valence-corrected chi connectivity index (χ4v) is 4.02. The summed E-state index contributed by atoms with van der Waals surface area (Å²) in [5.74, 6) is 0. The molecule has 1 aromatic heterocycles. The van der Waals surface area contributed by atoms with Crippen molar-refractivity contribution in [2.24, 2.45) is 0 Å². The summed E-state index contributed by atoms with van der Waals surface area (Å²) in [5, 5.41) is 17.4. The van der Waals surface area contributed by atoms with Crippen LogP contribution in [0.1, 0.15) is 42.6 Å². The zero-order valence-electron chi connectivity index (χ0n) is 13.3. The standard InChI is InChI=1S/C16H28N4O/c1-12-14(13(2)20(18-12)9-10-21)11-17-15-6-8-19-7-4-3-5-16(15)19/h15-17,21H,3-11H2,1-2H3. The van der Waals surface area contributed by atoms with Crippen molar-refractivity contribution >= 4 is 0 Å². The largest absolute Gasteiger partial charge is 0.394 e. The number of aryl methyl sites for hydroxylation is 1. The minimum absolute atomic E-state index is 0.147. The van der Waals surface area contributed by atoms with Crippen molar-refractivity contribution in [2.75, 3.05) is 19.7 Å². The van der Waals surface area contributed by atoms with Crippen LogP contribution in [0.5, 0.6) is 0 Å². The molecule has 2 atom stereocenters. The van der Waals surface area contributed by atoms with Crippen LogP contribution in [0, 0.1) is 13.8 Å². The van der Waals surface area contributed by atoms with Crippen molar-refractivity contribution in [2.45, 2.75) is 64.7 Å². The monoisotopic (exact) mass is 292 g/mol. The van der Waals surface area contributed by atoms with E-state index in [1.165, 1.54) is 50.0 Å². The van der Waals surface area contributed by atoms with Gasteiger partial charge in [-0.05, 0) is 39.7 Å². The predicted octanol–water partition coefficient (Wildman–Crippen LogP) is 1.21. The fraction of sp³-hybridized carbons (Fsp3) is 0.812. The Kier molecular flexibility index (Phi) is 4.62. The molecule has 21 heavy (non-hydrogen) atoms. The molecule has 2 unspecified atom stereocenters. The number of aliphatic hydroxyl groups is 1.